The van der Waals surface area contributed by atoms with E-state index < -0.39 is 9.84 Å². The maximum absolute atomic E-state index is 11.5. The van der Waals surface area contributed by atoms with Gasteiger partial charge in [-0.15, -0.1) is 0 Å². The van der Waals surface area contributed by atoms with Crippen molar-refractivity contribution < 1.29 is 13.2 Å². The molecule has 0 spiro atoms. The zero-order chi connectivity index (χ0) is 13.2. The number of Topliss-reactive ketones (excluding diaryl/α,β-unsaturated/α-hetero) is 1. The minimum Gasteiger partial charge on any atom is -0.299 e. The summed E-state index contributed by atoms with van der Waals surface area (Å²) in [4.78, 5) is 11.5. The lowest BCUT2D eigenvalue weighted by molar-refractivity contribution is -0.118. The number of ketones is 1. The summed E-state index contributed by atoms with van der Waals surface area (Å²) in [5.74, 6) is -0.248. The Morgan fingerprint density at radius 1 is 1.41 bits per heavy atom. The summed E-state index contributed by atoms with van der Waals surface area (Å²) in [5.41, 5.74) is 0.699. The van der Waals surface area contributed by atoms with Crippen molar-refractivity contribution in [2.45, 2.75) is 31.1 Å². The molecule has 1 atom stereocenters. The summed E-state index contributed by atoms with van der Waals surface area (Å²) in [5, 5.41) is 0.189. The third kappa shape index (κ3) is 3.30. The molecule has 0 amide bonds. The largest absolute Gasteiger partial charge is 0.299 e. The summed E-state index contributed by atoms with van der Waals surface area (Å²) in [6.07, 6.45) is 1.74. The van der Waals surface area contributed by atoms with Crippen LogP contribution in [0.5, 0.6) is 0 Å². The topological polar surface area (TPSA) is 51.2 Å². The molecule has 0 aliphatic carbocycles. The van der Waals surface area contributed by atoms with Gasteiger partial charge in [-0.3, -0.25) is 4.79 Å². The molecule has 1 rings (SSSR count). The van der Waals surface area contributed by atoms with Crippen molar-refractivity contribution in [2.24, 2.45) is 0 Å². The van der Waals surface area contributed by atoms with E-state index in [0.29, 0.717) is 12.0 Å². The minimum atomic E-state index is -3.37. The van der Waals surface area contributed by atoms with E-state index in [1.165, 1.54) is 19.1 Å². The molecule has 0 bridgehead atoms. The van der Waals surface area contributed by atoms with E-state index in [4.69, 9.17) is 11.6 Å². The molecule has 1 aromatic rings. The Morgan fingerprint density at radius 2 is 2.00 bits per heavy atom. The Bertz CT molecular complexity index is 535. The molecule has 17 heavy (non-hydrogen) atoms. The highest BCUT2D eigenvalue weighted by atomic mass is 35.5. The molecular weight excluding hydrogens is 260 g/mol. The smallest absolute Gasteiger partial charge is 0.177 e. The molecule has 0 aliphatic rings. The van der Waals surface area contributed by atoms with E-state index in [0.717, 1.165) is 6.26 Å². The van der Waals surface area contributed by atoms with Crippen molar-refractivity contribution >= 4 is 27.2 Å². The molecule has 1 unspecified atom stereocenters. The van der Waals surface area contributed by atoms with Gasteiger partial charge in [0, 0.05) is 12.2 Å². The second-order valence-electron chi connectivity index (χ2n) is 4.03. The standard InChI is InChI=1S/C12H15ClO3S/c1-4-10(8(2)14)9-5-6-11(13)12(7-9)17(3,15)16/h5-7,10H,4H2,1-3H3. The number of rotatable bonds is 4. The SMILES string of the molecule is CCC(C(C)=O)c1ccc(Cl)c(S(C)(=O)=O)c1. The third-order valence-electron chi connectivity index (χ3n) is 2.66. The van der Waals surface area contributed by atoms with Crippen LogP contribution in [0.25, 0.3) is 0 Å². The van der Waals surface area contributed by atoms with Crippen LogP contribution in [0.3, 0.4) is 0 Å². The number of hydrogen-bond acceptors (Lipinski definition) is 3. The minimum absolute atomic E-state index is 0.0225. The first-order chi connectivity index (χ1) is 7.77. The van der Waals surface area contributed by atoms with Gasteiger partial charge in [-0.2, -0.15) is 0 Å². The van der Waals surface area contributed by atoms with Gasteiger partial charge < -0.3 is 0 Å². The molecule has 0 fully saturated rings. The quantitative estimate of drug-likeness (QED) is 0.848. The van der Waals surface area contributed by atoms with Gasteiger partial charge >= 0.3 is 0 Å². The van der Waals surface area contributed by atoms with Gasteiger partial charge in [0.1, 0.15) is 5.78 Å². The molecule has 0 radical (unpaired) electrons. The fourth-order valence-electron chi connectivity index (χ4n) is 1.78. The predicted octanol–water partition coefficient (Wildman–Crippen LogP) is 2.83. The second kappa shape index (κ2) is 5.19. The van der Waals surface area contributed by atoms with Crippen LogP contribution in [0.15, 0.2) is 23.1 Å². The predicted molar refractivity (Wildman–Crippen MR) is 68.3 cm³/mol. The zero-order valence-electron chi connectivity index (χ0n) is 10.0. The average Bonchev–Trinajstić information content (AvgIpc) is 2.19. The lowest BCUT2D eigenvalue weighted by atomic mass is 9.93. The van der Waals surface area contributed by atoms with Crippen LogP contribution < -0.4 is 0 Å². The molecule has 94 valence electrons. The van der Waals surface area contributed by atoms with E-state index in [-0.39, 0.29) is 21.6 Å². The first kappa shape index (κ1) is 14.2. The van der Waals surface area contributed by atoms with Crippen LogP contribution >= 0.6 is 11.6 Å². The molecular formula is C12H15ClO3S. The fraction of sp³-hybridized carbons (Fsp3) is 0.417. The van der Waals surface area contributed by atoms with Crippen molar-refractivity contribution in [1.82, 2.24) is 0 Å². The first-order valence-corrected chi connectivity index (χ1v) is 7.54. The van der Waals surface area contributed by atoms with Gasteiger partial charge in [0.15, 0.2) is 9.84 Å². The second-order valence-corrected chi connectivity index (χ2v) is 6.42. The highest BCUT2D eigenvalue weighted by Crippen LogP contribution is 2.28. The molecule has 0 N–H and O–H groups in total. The highest BCUT2D eigenvalue weighted by Gasteiger charge is 2.19. The van der Waals surface area contributed by atoms with Crippen molar-refractivity contribution in [2.75, 3.05) is 6.26 Å². The van der Waals surface area contributed by atoms with E-state index in [2.05, 4.69) is 0 Å². The van der Waals surface area contributed by atoms with Gasteiger partial charge in [-0.05, 0) is 31.0 Å². The van der Waals surface area contributed by atoms with Crippen molar-refractivity contribution in [3.8, 4) is 0 Å². The Morgan fingerprint density at radius 3 is 2.41 bits per heavy atom. The molecule has 0 aliphatic heterocycles. The number of hydrogen-bond donors (Lipinski definition) is 0. The molecule has 0 saturated carbocycles. The lowest BCUT2D eigenvalue weighted by Gasteiger charge is -2.13. The van der Waals surface area contributed by atoms with Gasteiger partial charge in [0.25, 0.3) is 0 Å². The Kier molecular flexibility index (Phi) is 4.33. The summed E-state index contributed by atoms with van der Waals surface area (Å²) >= 11 is 5.84. The van der Waals surface area contributed by atoms with Crippen LogP contribution in [0, 0.1) is 0 Å². The highest BCUT2D eigenvalue weighted by molar-refractivity contribution is 7.90. The van der Waals surface area contributed by atoms with Crippen LogP contribution in [-0.2, 0) is 14.6 Å². The molecule has 0 aromatic heterocycles. The maximum Gasteiger partial charge on any atom is 0.177 e. The Labute approximate surface area is 107 Å². The summed E-state index contributed by atoms with van der Waals surface area (Å²) in [7, 11) is -3.37. The molecule has 1 aromatic carbocycles. The van der Waals surface area contributed by atoms with Gasteiger partial charge in [-0.25, -0.2) is 8.42 Å². The number of halogens is 1. The summed E-state index contributed by atoms with van der Waals surface area (Å²) in [6, 6.07) is 4.72. The number of benzene rings is 1. The zero-order valence-corrected chi connectivity index (χ0v) is 11.6. The first-order valence-electron chi connectivity index (χ1n) is 5.27. The van der Waals surface area contributed by atoms with Gasteiger partial charge in [0.2, 0.25) is 0 Å². The number of carbonyl (C=O) groups is 1. The summed E-state index contributed by atoms with van der Waals surface area (Å²) in [6.45, 7) is 3.39. The molecule has 5 heteroatoms. The van der Waals surface area contributed by atoms with E-state index in [1.807, 2.05) is 6.92 Å². The molecule has 3 nitrogen and oxygen atoms in total. The number of carbonyl (C=O) groups excluding carboxylic acids is 1. The summed E-state index contributed by atoms with van der Waals surface area (Å²) < 4.78 is 23.0. The molecule has 0 heterocycles. The van der Waals surface area contributed by atoms with E-state index >= 15 is 0 Å². The van der Waals surface area contributed by atoms with Crippen molar-refractivity contribution in [1.29, 1.82) is 0 Å². The van der Waals surface area contributed by atoms with Gasteiger partial charge in [0.05, 0.1) is 9.92 Å². The fourth-order valence-corrected chi connectivity index (χ4v) is 3.09. The normalized spacial score (nSPS) is 13.4. The maximum atomic E-state index is 11.5. The monoisotopic (exact) mass is 274 g/mol. The van der Waals surface area contributed by atoms with Crippen molar-refractivity contribution in [3.63, 3.8) is 0 Å². The van der Waals surface area contributed by atoms with Crippen LogP contribution in [0.2, 0.25) is 5.02 Å². The average molecular weight is 275 g/mol. The van der Waals surface area contributed by atoms with Crippen LogP contribution in [0.1, 0.15) is 31.7 Å². The van der Waals surface area contributed by atoms with Crippen LogP contribution in [0.4, 0.5) is 0 Å². The van der Waals surface area contributed by atoms with Crippen molar-refractivity contribution in [3.05, 3.63) is 28.8 Å². The van der Waals surface area contributed by atoms with E-state index in [9.17, 15) is 13.2 Å². The Hall–Kier alpha value is -0.870. The number of sulfone groups is 1. The third-order valence-corrected chi connectivity index (χ3v) is 4.23. The Balaban J connectivity index is 3.35. The van der Waals surface area contributed by atoms with Gasteiger partial charge in [-0.1, -0.05) is 24.6 Å². The molecule has 0 saturated heterocycles. The van der Waals surface area contributed by atoms with Crippen LogP contribution in [-0.4, -0.2) is 20.5 Å². The van der Waals surface area contributed by atoms with E-state index in [1.54, 1.807) is 6.07 Å². The lowest BCUT2D eigenvalue weighted by Crippen LogP contribution is -2.09.